The molecule has 0 spiro atoms. The van der Waals surface area contributed by atoms with Gasteiger partial charge in [-0.1, -0.05) is 6.07 Å². The highest BCUT2D eigenvalue weighted by Crippen LogP contribution is 2.28. The predicted molar refractivity (Wildman–Crippen MR) is 83.5 cm³/mol. The summed E-state index contributed by atoms with van der Waals surface area (Å²) in [4.78, 5) is 24.7. The molecule has 0 unspecified atom stereocenters. The molecule has 1 aromatic rings. The minimum atomic E-state index is -4.80. The first-order chi connectivity index (χ1) is 10.3. The molecule has 0 bridgehead atoms. The molecule has 8 heteroatoms. The summed E-state index contributed by atoms with van der Waals surface area (Å²) < 4.78 is 38.1. The zero-order valence-corrected chi connectivity index (χ0v) is 13.6. The summed E-state index contributed by atoms with van der Waals surface area (Å²) in [5.74, 6) is -2.73. The van der Waals surface area contributed by atoms with Crippen LogP contribution in [0.4, 0.5) is 23.7 Å². The molecule has 22 heavy (non-hydrogen) atoms. The second kappa shape index (κ2) is 6.84. The van der Waals surface area contributed by atoms with Gasteiger partial charge in [-0.15, -0.1) is 0 Å². The van der Waals surface area contributed by atoms with Crippen LogP contribution in [0.5, 0.6) is 0 Å². The van der Waals surface area contributed by atoms with Crippen molar-refractivity contribution < 1.29 is 22.8 Å². The smallest absolute Gasteiger partial charge is 0.324 e. The lowest BCUT2D eigenvalue weighted by Crippen LogP contribution is -2.44. The number of rotatable bonds is 2. The van der Waals surface area contributed by atoms with Crippen molar-refractivity contribution in [1.82, 2.24) is 4.90 Å². The number of nitrogens with one attached hydrogen (secondary N) is 1. The number of amides is 2. The van der Waals surface area contributed by atoms with E-state index in [0.717, 1.165) is 3.57 Å². The van der Waals surface area contributed by atoms with Crippen molar-refractivity contribution in [2.75, 3.05) is 18.4 Å². The maximum atomic E-state index is 12.4. The van der Waals surface area contributed by atoms with Crippen LogP contribution in [0.2, 0.25) is 0 Å². The number of halogens is 4. The van der Waals surface area contributed by atoms with Crippen LogP contribution in [0.3, 0.4) is 0 Å². The molecule has 1 aliphatic rings. The minimum absolute atomic E-state index is 0.0398. The van der Waals surface area contributed by atoms with Crippen molar-refractivity contribution in [3.05, 3.63) is 27.8 Å². The van der Waals surface area contributed by atoms with Crippen molar-refractivity contribution in [2.24, 2.45) is 5.92 Å². The van der Waals surface area contributed by atoms with E-state index in [1.807, 2.05) is 6.07 Å². The van der Waals surface area contributed by atoms with Gasteiger partial charge in [-0.2, -0.15) is 13.2 Å². The van der Waals surface area contributed by atoms with Gasteiger partial charge in [0.1, 0.15) is 0 Å². The van der Waals surface area contributed by atoms with Crippen LogP contribution in [0, 0.1) is 9.49 Å². The largest absolute Gasteiger partial charge is 0.450 e. The summed E-state index contributed by atoms with van der Waals surface area (Å²) in [6.07, 6.45) is -4.72. The number of carbonyl (C=O) groups is 2. The first kappa shape index (κ1) is 17.0. The Morgan fingerprint density at radius 3 is 2.41 bits per heavy atom. The van der Waals surface area contributed by atoms with Crippen molar-refractivity contribution in [1.29, 1.82) is 0 Å². The zero-order valence-electron chi connectivity index (χ0n) is 11.5. The maximum Gasteiger partial charge on any atom is 0.450 e. The summed E-state index contributed by atoms with van der Waals surface area (Å²) in [6.45, 7) is 0.282. The number of urea groups is 1. The molecule has 0 aliphatic carbocycles. The van der Waals surface area contributed by atoms with Crippen LogP contribution in [0.15, 0.2) is 24.3 Å². The van der Waals surface area contributed by atoms with Gasteiger partial charge in [-0.05, 0) is 53.6 Å². The monoisotopic (exact) mass is 426 g/mol. The summed E-state index contributed by atoms with van der Waals surface area (Å²) in [5, 5.41) is 2.70. The standard InChI is InChI=1S/C14H14F3IN2O2/c15-14(16,17)12(21)9-4-6-20(7-5-9)13(22)19-11-3-1-2-10(18)8-11/h1-3,8-9H,4-7H2,(H,19,22). The van der Waals surface area contributed by atoms with Crippen LogP contribution in [-0.4, -0.2) is 36.0 Å². The Balaban J connectivity index is 1.89. The topological polar surface area (TPSA) is 49.4 Å². The molecule has 1 saturated heterocycles. The first-order valence-electron chi connectivity index (χ1n) is 6.70. The number of Topliss-reactive ketones (excluding diaryl/α,β-unsaturated/α-hetero) is 1. The molecular weight excluding hydrogens is 412 g/mol. The SMILES string of the molecule is O=C(Nc1cccc(I)c1)N1CCC(C(=O)C(F)(F)F)CC1. The Bertz CT molecular complexity index is 569. The van der Waals surface area contributed by atoms with Gasteiger partial charge in [0.2, 0.25) is 5.78 Å². The van der Waals surface area contributed by atoms with Crippen molar-refractivity contribution >= 4 is 40.1 Å². The summed E-state index contributed by atoms with van der Waals surface area (Å²) in [5.41, 5.74) is 0.630. The quantitative estimate of drug-likeness (QED) is 0.735. The second-order valence-corrected chi connectivity index (χ2v) is 6.31. The second-order valence-electron chi connectivity index (χ2n) is 5.06. The number of nitrogens with zero attached hydrogens (tertiary/aromatic N) is 1. The normalized spacial score (nSPS) is 16.5. The highest BCUT2D eigenvalue weighted by molar-refractivity contribution is 14.1. The van der Waals surface area contributed by atoms with Crippen molar-refractivity contribution in [2.45, 2.75) is 19.0 Å². The molecular formula is C14H14F3IN2O2. The van der Waals surface area contributed by atoms with E-state index in [9.17, 15) is 22.8 Å². The van der Waals surface area contributed by atoms with Gasteiger partial charge in [0, 0.05) is 28.3 Å². The fourth-order valence-electron chi connectivity index (χ4n) is 2.34. The molecule has 0 aromatic heterocycles. The third-order valence-corrected chi connectivity index (χ3v) is 4.18. The van der Waals surface area contributed by atoms with Crippen molar-refractivity contribution in [3.8, 4) is 0 Å². The molecule has 1 N–H and O–H groups in total. The fourth-order valence-corrected chi connectivity index (χ4v) is 2.89. The Morgan fingerprint density at radius 1 is 1.23 bits per heavy atom. The first-order valence-corrected chi connectivity index (χ1v) is 7.78. The van der Waals surface area contributed by atoms with Gasteiger partial charge in [0.15, 0.2) is 0 Å². The van der Waals surface area contributed by atoms with E-state index in [-0.39, 0.29) is 32.0 Å². The van der Waals surface area contributed by atoms with E-state index in [4.69, 9.17) is 0 Å². The molecule has 1 aromatic carbocycles. The van der Waals surface area contributed by atoms with Gasteiger partial charge in [0.05, 0.1) is 0 Å². The van der Waals surface area contributed by atoms with Gasteiger partial charge in [0.25, 0.3) is 0 Å². The molecule has 1 aliphatic heterocycles. The lowest BCUT2D eigenvalue weighted by molar-refractivity contribution is -0.176. The molecule has 2 rings (SSSR count). The lowest BCUT2D eigenvalue weighted by Gasteiger charge is -2.31. The fraction of sp³-hybridized carbons (Fsp3) is 0.429. The molecule has 1 heterocycles. The van der Waals surface area contributed by atoms with E-state index in [1.54, 1.807) is 18.2 Å². The van der Waals surface area contributed by atoms with E-state index in [1.165, 1.54) is 4.90 Å². The minimum Gasteiger partial charge on any atom is -0.324 e. The van der Waals surface area contributed by atoms with E-state index in [2.05, 4.69) is 27.9 Å². The number of likely N-dealkylation sites (tertiary alicyclic amines) is 1. The highest BCUT2D eigenvalue weighted by Gasteiger charge is 2.44. The lowest BCUT2D eigenvalue weighted by atomic mass is 9.92. The van der Waals surface area contributed by atoms with Gasteiger partial charge in [-0.25, -0.2) is 4.79 Å². The Hall–Kier alpha value is -1.32. The average molecular weight is 426 g/mol. The summed E-state index contributed by atoms with van der Waals surface area (Å²) in [7, 11) is 0. The number of hydrogen-bond donors (Lipinski definition) is 1. The number of ketones is 1. The molecule has 2 amide bonds. The predicted octanol–water partition coefficient (Wildman–Crippen LogP) is 3.67. The van der Waals surface area contributed by atoms with Crippen LogP contribution in [0.1, 0.15) is 12.8 Å². The highest BCUT2D eigenvalue weighted by atomic mass is 127. The van der Waals surface area contributed by atoms with E-state index >= 15 is 0 Å². The molecule has 0 radical (unpaired) electrons. The summed E-state index contributed by atoms with van der Waals surface area (Å²) >= 11 is 2.11. The molecule has 4 nitrogen and oxygen atoms in total. The van der Waals surface area contributed by atoms with Crippen LogP contribution in [-0.2, 0) is 4.79 Å². The molecule has 0 saturated carbocycles. The van der Waals surface area contributed by atoms with Gasteiger partial charge in [-0.3, -0.25) is 4.79 Å². The van der Waals surface area contributed by atoms with Crippen molar-refractivity contribution in [3.63, 3.8) is 0 Å². The number of carbonyl (C=O) groups excluding carboxylic acids is 2. The van der Waals surface area contributed by atoms with Crippen LogP contribution < -0.4 is 5.32 Å². The molecule has 0 atom stereocenters. The van der Waals surface area contributed by atoms with E-state index < -0.39 is 17.9 Å². The molecule has 120 valence electrons. The number of anilines is 1. The average Bonchev–Trinajstić information content (AvgIpc) is 2.45. The van der Waals surface area contributed by atoms with Gasteiger partial charge >= 0.3 is 12.2 Å². The van der Waals surface area contributed by atoms with Gasteiger partial charge < -0.3 is 10.2 Å². The zero-order chi connectivity index (χ0) is 16.3. The Morgan fingerprint density at radius 2 is 1.86 bits per heavy atom. The van der Waals surface area contributed by atoms with E-state index in [0.29, 0.717) is 5.69 Å². The number of alkyl halides is 3. The third kappa shape index (κ3) is 4.34. The number of piperidine rings is 1. The number of benzene rings is 1. The van der Waals surface area contributed by atoms with Crippen LogP contribution in [0.25, 0.3) is 0 Å². The third-order valence-electron chi connectivity index (χ3n) is 3.51. The Labute approximate surface area is 139 Å². The number of hydrogen-bond acceptors (Lipinski definition) is 2. The summed E-state index contributed by atoms with van der Waals surface area (Å²) in [6, 6.07) is 6.84. The maximum absolute atomic E-state index is 12.4. The Kier molecular flexibility index (Phi) is 5.30. The van der Waals surface area contributed by atoms with Crippen LogP contribution >= 0.6 is 22.6 Å². The molecule has 1 fully saturated rings.